The number of hydrogen-bond acceptors (Lipinski definition) is 6. The summed E-state index contributed by atoms with van der Waals surface area (Å²) in [6, 6.07) is 10.4. The standard InChI is InChI=1S/C20H24N4O4/c1-2-3-14-28-18-7-4-16(5-8-18)20(25)23-12-10-22(11-13-23)19-9-6-17(15-21-19)24(26)27/h4-9,15H,2-3,10-14H2,1H3. The minimum absolute atomic E-state index is 0.00332. The Hall–Kier alpha value is -3.16. The van der Waals surface area contributed by atoms with Crippen molar-refractivity contribution in [2.45, 2.75) is 19.8 Å². The number of anilines is 1. The number of aromatic nitrogens is 1. The summed E-state index contributed by atoms with van der Waals surface area (Å²) in [6.45, 7) is 5.22. The Morgan fingerprint density at radius 2 is 1.86 bits per heavy atom. The molecule has 0 spiro atoms. The van der Waals surface area contributed by atoms with Crippen molar-refractivity contribution in [2.75, 3.05) is 37.7 Å². The predicted octanol–water partition coefficient (Wildman–Crippen LogP) is 3.13. The molecule has 0 atom stereocenters. The maximum absolute atomic E-state index is 12.7. The first kappa shape index (κ1) is 19.6. The van der Waals surface area contributed by atoms with E-state index in [2.05, 4.69) is 11.9 Å². The smallest absolute Gasteiger partial charge is 0.287 e. The Labute approximate surface area is 163 Å². The maximum atomic E-state index is 12.7. The van der Waals surface area contributed by atoms with Crippen molar-refractivity contribution < 1.29 is 14.5 Å². The zero-order valence-electron chi connectivity index (χ0n) is 15.9. The molecule has 8 heteroatoms. The average Bonchev–Trinajstić information content (AvgIpc) is 2.74. The van der Waals surface area contributed by atoms with Crippen LogP contribution < -0.4 is 9.64 Å². The molecule has 1 aliphatic rings. The lowest BCUT2D eigenvalue weighted by Crippen LogP contribution is -2.49. The largest absolute Gasteiger partial charge is 0.494 e. The van der Waals surface area contributed by atoms with Crippen LogP contribution in [0.4, 0.5) is 11.5 Å². The Morgan fingerprint density at radius 3 is 2.43 bits per heavy atom. The normalized spacial score (nSPS) is 14.0. The molecule has 0 unspecified atom stereocenters. The molecule has 0 radical (unpaired) electrons. The van der Waals surface area contributed by atoms with Gasteiger partial charge in [0.2, 0.25) is 0 Å². The molecule has 0 N–H and O–H groups in total. The highest BCUT2D eigenvalue weighted by Gasteiger charge is 2.23. The van der Waals surface area contributed by atoms with E-state index in [1.807, 2.05) is 21.9 Å². The van der Waals surface area contributed by atoms with Crippen LogP contribution >= 0.6 is 0 Å². The summed E-state index contributed by atoms with van der Waals surface area (Å²) in [4.78, 5) is 31.0. The van der Waals surface area contributed by atoms with Gasteiger partial charge in [-0.15, -0.1) is 0 Å². The Bertz CT molecular complexity index is 800. The molecule has 28 heavy (non-hydrogen) atoms. The maximum Gasteiger partial charge on any atom is 0.287 e. The third-order valence-electron chi connectivity index (χ3n) is 4.70. The molecule has 1 fully saturated rings. The molecule has 3 rings (SSSR count). The summed E-state index contributed by atoms with van der Waals surface area (Å²) >= 11 is 0. The lowest BCUT2D eigenvalue weighted by Gasteiger charge is -2.35. The summed E-state index contributed by atoms with van der Waals surface area (Å²) in [5.41, 5.74) is 0.615. The number of benzene rings is 1. The van der Waals surface area contributed by atoms with Crippen LogP contribution in [0.1, 0.15) is 30.1 Å². The third kappa shape index (κ3) is 4.76. The Kier molecular flexibility index (Phi) is 6.41. The number of nitro groups is 1. The minimum atomic E-state index is -0.465. The average molecular weight is 384 g/mol. The molecule has 2 heterocycles. The van der Waals surface area contributed by atoms with E-state index in [9.17, 15) is 14.9 Å². The lowest BCUT2D eigenvalue weighted by molar-refractivity contribution is -0.385. The van der Waals surface area contributed by atoms with Crippen LogP contribution in [-0.4, -0.2) is 53.5 Å². The zero-order valence-corrected chi connectivity index (χ0v) is 15.9. The molecule has 1 saturated heterocycles. The third-order valence-corrected chi connectivity index (χ3v) is 4.70. The van der Waals surface area contributed by atoms with Gasteiger partial charge in [0, 0.05) is 37.8 Å². The van der Waals surface area contributed by atoms with Gasteiger partial charge >= 0.3 is 0 Å². The molecular formula is C20H24N4O4. The molecule has 2 aromatic rings. The highest BCUT2D eigenvalue weighted by Crippen LogP contribution is 2.19. The fourth-order valence-electron chi connectivity index (χ4n) is 3.02. The van der Waals surface area contributed by atoms with Gasteiger partial charge in [-0.2, -0.15) is 0 Å². The first-order chi connectivity index (χ1) is 13.6. The Morgan fingerprint density at radius 1 is 1.14 bits per heavy atom. The summed E-state index contributed by atoms with van der Waals surface area (Å²) in [5, 5.41) is 10.7. The summed E-state index contributed by atoms with van der Waals surface area (Å²) in [5.74, 6) is 1.46. The van der Waals surface area contributed by atoms with Crippen molar-refractivity contribution >= 4 is 17.4 Å². The van der Waals surface area contributed by atoms with Crippen LogP contribution in [0.15, 0.2) is 42.6 Å². The van der Waals surface area contributed by atoms with Gasteiger partial charge in [-0.25, -0.2) is 4.98 Å². The summed E-state index contributed by atoms with van der Waals surface area (Å²) in [7, 11) is 0. The second kappa shape index (κ2) is 9.16. The van der Waals surface area contributed by atoms with Crippen LogP contribution in [0, 0.1) is 10.1 Å². The van der Waals surface area contributed by atoms with Crippen molar-refractivity contribution in [3.8, 4) is 5.75 Å². The van der Waals surface area contributed by atoms with E-state index in [1.165, 1.54) is 12.3 Å². The van der Waals surface area contributed by atoms with E-state index in [1.54, 1.807) is 18.2 Å². The molecule has 8 nitrogen and oxygen atoms in total. The number of hydrogen-bond donors (Lipinski definition) is 0. The Balaban J connectivity index is 1.54. The quantitative estimate of drug-likeness (QED) is 0.414. The number of nitrogens with zero attached hydrogens (tertiary/aromatic N) is 4. The molecule has 1 aromatic heterocycles. The minimum Gasteiger partial charge on any atom is -0.494 e. The fraction of sp³-hybridized carbons (Fsp3) is 0.400. The molecule has 1 aromatic carbocycles. The highest BCUT2D eigenvalue weighted by molar-refractivity contribution is 5.94. The first-order valence-corrected chi connectivity index (χ1v) is 9.46. The first-order valence-electron chi connectivity index (χ1n) is 9.46. The number of carbonyl (C=O) groups excluding carboxylic acids is 1. The predicted molar refractivity (Wildman–Crippen MR) is 106 cm³/mol. The number of amides is 1. The van der Waals surface area contributed by atoms with E-state index in [0.717, 1.165) is 18.6 Å². The van der Waals surface area contributed by atoms with E-state index < -0.39 is 4.92 Å². The van der Waals surface area contributed by atoms with Gasteiger partial charge in [-0.05, 0) is 36.8 Å². The van der Waals surface area contributed by atoms with E-state index in [-0.39, 0.29) is 11.6 Å². The molecule has 0 aliphatic carbocycles. The topological polar surface area (TPSA) is 88.8 Å². The highest BCUT2D eigenvalue weighted by atomic mass is 16.6. The number of rotatable bonds is 7. The second-order valence-corrected chi connectivity index (χ2v) is 6.64. The van der Waals surface area contributed by atoms with E-state index in [0.29, 0.717) is 44.2 Å². The van der Waals surface area contributed by atoms with Gasteiger partial charge in [-0.3, -0.25) is 14.9 Å². The molecule has 148 valence electrons. The molecule has 1 amide bonds. The van der Waals surface area contributed by atoms with Crippen molar-refractivity contribution in [2.24, 2.45) is 0 Å². The van der Waals surface area contributed by atoms with Crippen molar-refractivity contribution in [3.63, 3.8) is 0 Å². The van der Waals surface area contributed by atoms with Crippen molar-refractivity contribution in [1.82, 2.24) is 9.88 Å². The molecule has 0 saturated carbocycles. The summed E-state index contributed by atoms with van der Waals surface area (Å²) < 4.78 is 5.63. The monoisotopic (exact) mass is 384 g/mol. The number of piperazine rings is 1. The van der Waals surface area contributed by atoms with Gasteiger partial charge in [0.15, 0.2) is 0 Å². The van der Waals surface area contributed by atoms with Gasteiger partial charge < -0.3 is 14.5 Å². The SMILES string of the molecule is CCCCOc1ccc(C(=O)N2CCN(c3ccc([N+](=O)[O-])cn3)CC2)cc1. The number of pyridine rings is 1. The van der Waals surface area contributed by atoms with Crippen LogP contribution in [0.5, 0.6) is 5.75 Å². The fourth-order valence-corrected chi connectivity index (χ4v) is 3.02. The summed E-state index contributed by atoms with van der Waals surface area (Å²) in [6.07, 6.45) is 3.35. The van der Waals surface area contributed by atoms with Crippen molar-refractivity contribution in [1.29, 1.82) is 0 Å². The van der Waals surface area contributed by atoms with E-state index in [4.69, 9.17) is 4.74 Å². The zero-order chi connectivity index (χ0) is 19.9. The number of carbonyl (C=O) groups is 1. The van der Waals surface area contributed by atoms with E-state index >= 15 is 0 Å². The van der Waals surface area contributed by atoms with Gasteiger partial charge in [0.05, 0.1) is 11.5 Å². The van der Waals surface area contributed by atoms with Gasteiger partial charge in [-0.1, -0.05) is 13.3 Å². The lowest BCUT2D eigenvalue weighted by atomic mass is 10.1. The van der Waals surface area contributed by atoms with Gasteiger partial charge in [0.1, 0.15) is 17.8 Å². The van der Waals surface area contributed by atoms with Crippen LogP contribution in [0.2, 0.25) is 0 Å². The number of ether oxygens (including phenoxy) is 1. The molecule has 1 aliphatic heterocycles. The van der Waals surface area contributed by atoms with Crippen LogP contribution in [-0.2, 0) is 0 Å². The molecular weight excluding hydrogens is 360 g/mol. The number of unbranched alkanes of at least 4 members (excludes halogenated alkanes) is 1. The molecule has 0 bridgehead atoms. The van der Waals surface area contributed by atoms with Gasteiger partial charge in [0.25, 0.3) is 11.6 Å². The van der Waals surface area contributed by atoms with Crippen molar-refractivity contribution in [3.05, 3.63) is 58.3 Å². The van der Waals surface area contributed by atoms with Crippen LogP contribution in [0.25, 0.3) is 0 Å². The van der Waals surface area contributed by atoms with Crippen LogP contribution in [0.3, 0.4) is 0 Å². The second-order valence-electron chi connectivity index (χ2n) is 6.64.